The quantitative estimate of drug-likeness (QED) is 0.558. The molecule has 0 unspecified atom stereocenters. The Balaban J connectivity index is 1.79. The first-order valence-corrected chi connectivity index (χ1v) is 12.2. The maximum absolute atomic E-state index is 13.3. The van der Waals surface area contributed by atoms with Gasteiger partial charge in [0.15, 0.2) is 0 Å². The summed E-state index contributed by atoms with van der Waals surface area (Å²) in [5.41, 5.74) is -0.537. The van der Waals surface area contributed by atoms with Crippen LogP contribution >= 0.6 is 11.6 Å². The smallest absolute Gasteiger partial charge is 0.267 e. The van der Waals surface area contributed by atoms with Crippen molar-refractivity contribution in [1.29, 1.82) is 0 Å². The average molecular weight is 488 g/mol. The molecule has 34 heavy (non-hydrogen) atoms. The minimum atomic E-state index is -0.567. The molecule has 2 amide bonds. The third-order valence-electron chi connectivity index (χ3n) is 5.58. The molecule has 1 fully saturated rings. The molecule has 1 aliphatic heterocycles. The second-order valence-electron chi connectivity index (χ2n) is 9.71. The maximum Gasteiger partial charge on any atom is 0.267 e. The number of nitrogens with one attached hydrogen (secondary N) is 2. The standard InChI is InChI=1S/C25H34ClN5O3/c1-25(2,3)29-21(32)17-31-22(18-9-7-10-19(26)15-18)28-16-20(24(31)34)23(33)27-11-8-14-30-12-5-4-6-13-30/h7,9-10,15-16H,4-6,8,11-14,17H2,1-3H3,(H,27,33)(H,29,32). The van der Waals surface area contributed by atoms with E-state index in [1.165, 1.54) is 30.0 Å². The lowest BCUT2D eigenvalue weighted by atomic mass is 10.1. The van der Waals surface area contributed by atoms with Crippen LogP contribution < -0.4 is 16.2 Å². The van der Waals surface area contributed by atoms with E-state index in [2.05, 4.69) is 20.5 Å². The number of aromatic nitrogens is 2. The van der Waals surface area contributed by atoms with Crippen LogP contribution in [0.25, 0.3) is 11.4 Å². The van der Waals surface area contributed by atoms with Gasteiger partial charge in [0, 0.05) is 28.9 Å². The molecular weight excluding hydrogens is 454 g/mol. The summed E-state index contributed by atoms with van der Waals surface area (Å²) in [6.45, 7) is 8.90. The van der Waals surface area contributed by atoms with Crippen molar-refractivity contribution in [2.45, 2.75) is 58.5 Å². The normalized spacial score (nSPS) is 14.6. The fraction of sp³-hybridized carbons (Fsp3) is 0.520. The molecular formula is C25H34ClN5O3. The fourth-order valence-electron chi connectivity index (χ4n) is 4.04. The molecule has 0 saturated carbocycles. The largest absolute Gasteiger partial charge is 0.352 e. The first-order chi connectivity index (χ1) is 16.1. The minimum absolute atomic E-state index is 0.0905. The van der Waals surface area contributed by atoms with E-state index < -0.39 is 17.0 Å². The minimum Gasteiger partial charge on any atom is -0.352 e. The second-order valence-corrected chi connectivity index (χ2v) is 10.1. The van der Waals surface area contributed by atoms with E-state index in [9.17, 15) is 14.4 Å². The highest BCUT2D eigenvalue weighted by Crippen LogP contribution is 2.20. The fourth-order valence-corrected chi connectivity index (χ4v) is 4.23. The molecule has 1 saturated heterocycles. The number of hydrogen-bond donors (Lipinski definition) is 2. The molecule has 2 aromatic rings. The van der Waals surface area contributed by atoms with Gasteiger partial charge in [-0.2, -0.15) is 0 Å². The zero-order chi connectivity index (χ0) is 24.7. The van der Waals surface area contributed by atoms with Gasteiger partial charge in [-0.05, 0) is 71.8 Å². The Kier molecular flexibility index (Phi) is 8.85. The van der Waals surface area contributed by atoms with Crippen molar-refractivity contribution in [3.8, 4) is 11.4 Å². The molecule has 0 bridgehead atoms. The molecule has 9 heteroatoms. The summed E-state index contributed by atoms with van der Waals surface area (Å²) in [5, 5.41) is 6.15. The second kappa shape index (κ2) is 11.6. The van der Waals surface area contributed by atoms with Crippen molar-refractivity contribution in [3.05, 3.63) is 51.4 Å². The Hall–Kier alpha value is -2.71. The van der Waals surface area contributed by atoms with Gasteiger partial charge in [0.1, 0.15) is 17.9 Å². The predicted octanol–water partition coefficient (Wildman–Crippen LogP) is 3.08. The molecule has 1 aliphatic rings. The van der Waals surface area contributed by atoms with Crippen molar-refractivity contribution in [1.82, 2.24) is 25.1 Å². The molecule has 0 radical (unpaired) electrons. The van der Waals surface area contributed by atoms with Crippen LogP contribution in [0.4, 0.5) is 0 Å². The van der Waals surface area contributed by atoms with Crippen molar-refractivity contribution in [2.24, 2.45) is 0 Å². The highest BCUT2D eigenvalue weighted by Gasteiger charge is 2.21. The van der Waals surface area contributed by atoms with E-state index in [1.807, 2.05) is 20.8 Å². The number of carbonyl (C=O) groups excluding carboxylic acids is 2. The Bertz CT molecular complexity index is 1070. The van der Waals surface area contributed by atoms with Gasteiger partial charge < -0.3 is 15.5 Å². The molecule has 2 heterocycles. The Labute approximate surface area is 205 Å². The third-order valence-corrected chi connectivity index (χ3v) is 5.81. The van der Waals surface area contributed by atoms with Gasteiger partial charge >= 0.3 is 0 Å². The average Bonchev–Trinajstić information content (AvgIpc) is 2.77. The van der Waals surface area contributed by atoms with Gasteiger partial charge in [0.25, 0.3) is 11.5 Å². The zero-order valence-corrected chi connectivity index (χ0v) is 21.0. The number of rotatable bonds is 8. The van der Waals surface area contributed by atoms with Crippen molar-refractivity contribution in [2.75, 3.05) is 26.2 Å². The van der Waals surface area contributed by atoms with Gasteiger partial charge in [0.05, 0.1) is 0 Å². The summed E-state index contributed by atoms with van der Waals surface area (Å²) >= 11 is 6.13. The van der Waals surface area contributed by atoms with Crippen molar-refractivity contribution >= 4 is 23.4 Å². The number of piperidine rings is 1. The first-order valence-electron chi connectivity index (χ1n) is 11.8. The molecule has 0 atom stereocenters. The first kappa shape index (κ1) is 25.9. The summed E-state index contributed by atoms with van der Waals surface area (Å²) in [4.78, 5) is 45.5. The number of halogens is 1. The predicted molar refractivity (Wildman–Crippen MR) is 134 cm³/mol. The van der Waals surface area contributed by atoms with E-state index in [4.69, 9.17) is 11.6 Å². The summed E-state index contributed by atoms with van der Waals surface area (Å²) in [6.07, 6.45) is 5.81. The van der Waals surface area contributed by atoms with Crippen LogP contribution in [0.5, 0.6) is 0 Å². The van der Waals surface area contributed by atoms with Crippen LogP contribution in [0, 0.1) is 0 Å². The lowest BCUT2D eigenvalue weighted by Gasteiger charge is -2.26. The number of hydrogen-bond acceptors (Lipinski definition) is 5. The Morgan fingerprint density at radius 2 is 1.88 bits per heavy atom. The maximum atomic E-state index is 13.3. The molecule has 2 N–H and O–H groups in total. The zero-order valence-electron chi connectivity index (χ0n) is 20.2. The van der Waals surface area contributed by atoms with Crippen LogP contribution in [-0.4, -0.2) is 58.0 Å². The topological polar surface area (TPSA) is 96.3 Å². The van der Waals surface area contributed by atoms with Gasteiger partial charge in [-0.15, -0.1) is 0 Å². The molecule has 0 spiro atoms. The summed E-state index contributed by atoms with van der Waals surface area (Å²) < 4.78 is 1.23. The van der Waals surface area contributed by atoms with E-state index >= 15 is 0 Å². The highest BCUT2D eigenvalue weighted by atomic mass is 35.5. The molecule has 184 valence electrons. The third kappa shape index (κ3) is 7.40. The number of amides is 2. The molecule has 8 nitrogen and oxygen atoms in total. The van der Waals surface area contributed by atoms with E-state index in [-0.39, 0.29) is 23.8 Å². The molecule has 0 aliphatic carbocycles. The lowest BCUT2D eigenvalue weighted by Crippen LogP contribution is -2.44. The summed E-state index contributed by atoms with van der Waals surface area (Å²) in [7, 11) is 0. The van der Waals surface area contributed by atoms with E-state index in [0.717, 1.165) is 26.1 Å². The van der Waals surface area contributed by atoms with Gasteiger partial charge in [-0.1, -0.05) is 30.2 Å². The summed E-state index contributed by atoms with van der Waals surface area (Å²) in [6, 6.07) is 6.88. The molecule has 1 aromatic heterocycles. The Morgan fingerprint density at radius 3 is 2.56 bits per heavy atom. The van der Waals surface area contributed by atoms with Gasteiger partial charge in [-0.3, -0.25) is 19.0 Å². The van der Waals surface area contributed by atoms with Crippen molar-refractivity contribution < 1.29 is 9.59 Å². The van der Waals surface area contributed by atoms with Crippen LogP contribution in [0.2, 0.25) is 5.02 Å². The monoisotopic (exact) mass is 487 g/mol. The number of nitrogens with zero attached hydrogens (tertiary/aromatic N) is 3. The van der Waals surface area contributed by atoms with Crippen LogP contribution in [0.15, 0.2) is 35.3 Å². The van der Waals surface area contributed by atoms with Crippen LogP contribution in [0.1, 0.15) is 56.8 Å². The number of benzene rings is 1. The lowest BCUT2D eigenvalue weighted by molar-refractivity contribution is -0.123. The number of carbonyl (C=O) groups is 2. The van der Waals surface area contributed by atoms with Crippen LogP contribution in [-0.2, 0) is 11.3 Å². The Morgan fingerprint density at radius 1 is 1.15 bits per heavy atom. The van der Waals surface area contributed by atoms with Gasteiger partial charge in [-0.25, -0.2) is 4.98 Å². The summed E-state index contributed by atoms with van der Waals surface area (Å²) in [5.74, 6) is -0.559. The van der Waals surface area contributed by atoms with Gasteiger partial charge in [0.2, 0.25) is 5.91 Å². The number of likely N-dealkylation sites (tertiary alicyclic amines) is 1. The van der Waals surface area contributed by atoms with Crippen molar-refractivity contribution in [3.63, 3.8) is 0 Å². The molecule has 1 aromatic carbocycles. The highest BCUT2D eigenvalue weighted by molar-refractivity contribution is 6.30. The molecule has 3 rings (SSSR count). The SMILES string of the molecule is CC(C)(C)NC(=O)Cn1c(-c2cccc(Cl)c2)ncc(C(=O)NCCCN2CCCCC2)c1=O. The van der Waals surface area contributed by atoms with E-state index in [1.54, 1.807) is 24.3 Å². The van der Waals surface area contributed by atoms with Crippen LogP contribution in [0.3, 0.4) is 0 Å². The van der Waals surface area contributed by atoms with E-state index in [0.29, 0.717) is 17.1 Å².